The lowest BCUT2D eigenvalue weighted by Gasteiger charge is -2.34. The van der Waals surface area contributed by atoms with Gasteiger partial charge in [0.15, 0.2) is 0 Å². The Bertz CT molecular complexity index is 3620. The van der Waals surface area contributed by atoms with Gasteiger partial charge in [-0.25, -0.2) is 0 Å². The van der Waals surface area contributed by atoms with Crippen LogP contribution in [-0.4, -0.2) is 0 Å². The van der Waals surface area contributed by atoms with Crippen molar-refractivity contribution >= 4 is 66.8 Å². The Hall–Kier alpha value is -8.14. The van der Waals surface area contributed by atoms with E-state index in [1.807, 2.05) is 115 Å². The van der Waals surface area contributed by atoms with Crippen LogP contribution in [0.4, 0.5) is 34.1 Å². The van der Waals surface area contributed by atoms with E-state index >= 15 is 0 Å². The third-order valence-electron chi connectivity index (χ3n) is 12.1. The van der Waals surface area contributed by atoms with E-state index in [4.69, 9.17) is 8.53 Å². The highest BCUT2D eigenvalue weighted by atomic mass is 16.3. The molecule has 0 spiro atoms. The summed E-state index contributed by atoms with van der Waals surface area (Å²) in [4.78, 5) is 4.40. The summed E-state index contributed by atoms with van der Waals surface area (Å²) in [6, 6.07) is 64.1. The number of anilines is 6. The molecule has 0 bridgehead atoms. The highest BCUT2D eigenvalue weighted by Gasteiger charge is 2.48. The highest BCUT2D eigenvalue weighted by Crippen LogP contribution is 2.60. The fourth-order valence-corrected chi connectivity index (χ4v) is 9.50. The first-order valence-electron chi connectivity index (χ1n) is 24.2. The Morgan fingerprint density at radius 3 is 1.42 bits per heavy atom. The fourth-order valence-electron chi connectivity index (χ4n) is 9.50. The molecule has 10 aromatic carbocycles. The van der Waals surface area contributed by atoms with E-state index in [1.165, 1.54) is 0 Å². The van der Waals surface area contributed by atoms with E-state index < -0.39 is 29.6 Å². The summed E-state index contributed by atoms with van der Waals surface area (Å²) in [5.41, 5.74) is 8.96. The van der Waals surface area contributed by atoms with Gasteiger partial charge in [0.2, 0.25) is 0 Å². The quantitative estimate of drug-likeness (QED) is 0.153. The van der Waals surface area contributed by atoms with Crippen LogP contribution in [0, 0.1) is 0 Å². The Kier molecular flexibility index (Phi) is 6.84. The fraction of sp³-hybridized carbons (Fsp3) is 0.0169. The van der Waals surface area contributed by atoms with Gasteiger partial charge in [-0.2, -0.15) is 0 Å². The highest BCUT2D eigenvalue weighted by molar-refractivity contribution is 6.07. The average Bonchev–Trinajstić information content (AvgIpc) is 3.91. The van der Waals surface area contributed by atoms with E-state index in [2.05, 4.69) is 94.7 Å². The second kappa shape index (κ2) is 14.5. The van der Waals surface area contributed by atoms with Crippen LogP contribution in [0.15, 0.2) is 247 Å². The lowest BCUT2D eigenvalue weighted by molar-refractivity contribution is 0.648. The first-order valence-corrected chi connectivity index (χ1v) is 20.7. The number of para-hydroxylation sites is 6. The van der Waals surface area contributed by atoms with Gasteiger partial charge in [-0.3, -0.25) is 0 Å². The van der Waals surface area contributed by atoms with Gasteiger partial charge < -0.3 is 14.2 Å². The molecule has 292 valence electrons. The molecule has 1 aliphatic carbocycles. The summed E-state index contributed by atoms with van der Waals surface area (Å²) in [6.45, 7) is 0. The Labute approximate surface area is 370 Å². The smallest absolute Gasteiger partial charge is 0.140 e. The van der Waals surface area contributed by atoms with Crippen molar-refractivity contribution in [3.05, 3.63) is 265 Å². The standard InChI is InChI=1S/C59H40N2O/c1-5-20-44(21-6-1)60(45-22-7-2-8-23-45)48-34-36-54-52(39-48)53-40-49(61(46-24-9-3-10-25-46)47-26-11-4-12-27-47)35-37-55(53)59(54,43-33-32-41-18-13-14-19-42(41)38-43)56-30-17-29-51-50-28-15-16-31-57(50)62-58(51)56/h1-40H/i13D,14D,18D,19D,32D,33D,38D. The number of furan rings is 1. The predicted molar refractivity (Wildman–Crippen MR) is 258 cm³/mol. The van der Waals surface area contributed by atoms with Crippen LogP contribution in [0.2, 0.25) is 0 Å². The van der Waals surface area contributed by atoms with Crippen molar-refractivity contribution < 1.29 is 14.0 Å². The topological polar surface area (TPSA) is 19.6 Å². The van der Waals surface area contributed by atoms with Gasteiger partial charge in [-0.1, -0.05) is 158 Å². The van der Waals surface area contributed by atoms with Crippen molar-refractivity contribution in [1.82, 2.24) is 0 Å². The Balaban J connectivity index is 1.26. The van der Waals surface area contributed by atoms with Gasteiger partial charge in [-0.15, -0.1) is 0 Å². The monoisotopic (exact) mass is 799 g/mol. The number of benzene rings is 10. The zero-order chi connectivity index (χ0) is 47.1. The maximum absolute atomic E-state index is 10.3. The van der Waals surface area contributed by atoms with Crippen LogP contribution in [0.3, 0.4) is 0 Å². The first kappa shape index (κ1) is 29.1. The predicted octanol–water partition coefficient (Wildman–Crippen LogP) is 16.0. The SMILES string of the molecule is [2H]c1c([2H])c([2H])c2c([2H])c(C3(c4cccc5c4oc4ccccc45)c4ccc(N(c5ccccc5)c5ccccc5)cc4-c4cc(N(c5ccccc5)c5ccccc5)ccc43)c([2H])c([2H])c2c1[2H]. The zero-order valence-corrected chi connectivity index (χ0v) is 33.4. The number of hydrogen-bond acceptors (Lipinski definition) is 3. The summed E-state index contributed by atoms with van der Waals surface area (Å²) in [7, 11) is 0. The molecule has 3 nitrogen and oxygen atoms in total. The molecule has 62 heavy (non-hydrogen) atoms. The van der Waals surface area contributed by atoms with Gasteiger partial charge in [0, 0.05) is 50.5 Å². The van der Waals surface area contributed by atoms with Crippen molar-refractivity contribution in [3.8, 4) is 11.1 Å². The summed E-state index contributed by atoms with van der Waals surface area (Å²) < 4.78 is 72.5. The average molecular weight is 800 g/mol. The summed E-state index contributed by atoms with van der Waals surface area (Å²) in [6.07, 6.45) is 0. The molecule has 0 aliphatic heterocycles. The van der Waals surface area contributed by atoms with E-state index in [0.717, 1.165) is 67.2 Å². The van der Waals surface area contributed by atoms with Crippen molar-refractivity contribution in [3.63, 3.8) is 0 Å². The van der Waals surface area contributed by atoms with Crippen LogP contribution < -0.4 is 9.80 Å². The Morgan fingerprint density at radius 2 is 0.871 bits per heavy atom. The van der Waals surface area contributed by atoms with Crippen LogP contribution in [0.25, 0.3) is 43.8 Å². The lowest BCUT2D eigenvalue weighted by atomic mass is 9.67. The molecular weight excluding hydrogens is 753 g/mol. The van der Waals surface area contributed by atoms with E-state index in [9.17, 15) is 5.48 Å². The molecule has 0 unspecified atom stereocenters. The van der Waals surface area contributed by atoms with Crippen molar-refractivity contribution in [2.75, 3.05) is 9.80 Å². The zero-order valence-electron chi connectivity index (χ0n) is 40.4. The van der Waals surface area contributed by atoms with E-state index in [0.29, 0.717) is 16.7 Å². The van der Waals surface area contributed by atoms with Crippen molar-refractivity contribution in [1.29, 1.82) is 0 Å². The van der Waals surface area contributed by atoms with Gasteiger partial charge >= 0.3 is 0 Å². The summed E-state index contributed by atoms with van der Waals surface area (Å²) >= 11 is 0. The maximum Gasteiger partial charge on any atom is 0.140 e. The number of rotatable bonds is 8. The third-order valence-corrected chi connectivity index (χ3v) is 12.1. The van der Waals surface area contributed by atoms with Gasteiger partial charge in [0.05, 0.1) is 15.0 Å². The number of nitrogens with zero attached hydrogens (tertiary/aromatic N) is 2. The van der Waals surface area contributed by atoms with E-state index in [1.54, 1.807) is 0 Å². The second-order valence-electron chi connectivity index (χ2n) is 15.5. The molecule has 12 rings (SSSR count). The van der Waals surface area contributed by atoms with Crippen molar-refractivity contribution in [2.45, 2.75) is 5.41 Å². The molecule has 0 saturated carbocycles. The lowest BCUT2D eigenvalue weighted by Crippen LogP contribution is -2.29. The van der Waals surface area contributed by atoms with Crippen LogP contribution in [0.5, 0.6) is 0 Å². The molecule has 11 aromatic rings. The molecule has 0 saturated heterocycles. The minimum atomic E-state index is -1.54. The first-order chi connectivity index (χ1) is 33.7. The van der Waals surface area contributed by atoms with Crippen LogP contribution in [0.1, 0.15) is 31.8 Å². The number of fused-ring (bicyclic) bond motifs is 7. The van der Waals surface area contributed by atoms with Crippen LogP contribution >= 0.6 is 0 Å². The maximum atomic E-state index is 10.3. The number of hydrogen-bond donors (Lipinski definition) is 0. The summed E-state index contributed by atoms with van der Waals surface area (Å²) in [5.74, 6) is 0. The molecule has 0 atom stereocenters. The molecular formula is C59H40N2O. The molecule has 1 heterocycles. The molecule has 0 radical (unpaired) electrons. The molecule has 0 N–H and O–H groups in total. The molecule has 1 aliphatic rings. The van der Waals surface area contributed by atoms with Gasteiger partial charge in [0.25, 0.3) is 0 Å². The normalized spacial score (nSPS) is 14.2. The second-order valence-corrected chi connectivity index (χ2v) is 15.5. The van der Waals surface area contributed by atoms with Gasteiger partial charge in [0.1, 0.15) is 11.2 Å². The minimum Gasteiger partial charge on any atom is -0.456 e. The molecule has 0 amide bonds. The van der Waals surface area contributed by atoms with E-state index in [-0.39, 0.29) is 34.5 Å². The minimum absolute atomic E-state index is 0.115. The summed E-state index contributed by atoms with van der Waals surface area (Å²) in [5, 5.41) is 1.44. The molecule has 1 aromatic heterocycles. The largest absolute Gasteiger partial charge is 0.456 e. The van der Waals surface area contributed by atoms with Crippen molar-refractivity contribution in [2.24, 2.45) is 0 Å². The Morgan fingerprint density at radius 1 is 0.387 bits per heavy atom. The molecule has 3 heteroatoms. The molecule has 0 fully saturated rings. The van der Waals surface area contributed by atoms with Crippen LogP contribution in [-0.2, 0) is 5.41 Å². The third kappa shape index (κ3) is 5.59. The van der Waals surface area contributed by atoms with Gasteiger partial charge in [-0.05, 0) is 123 Å².